The number of anilines is 1. The average Bonchev–Trinajstić information content (AvgIpc) is 2.46. The van der Waals surface area contributed by atoms with Gasteiger partial charge in [-0.25, -0.2) is 0 Å². The molecule has 1 amide bonds. The van der Waals surface area contributed by atoms with Gasteiger partial charge < -0.3 is 10.2 Å². The van der Waals surface area contributed by atoms with E-state index >= 15 is 0 Å². The fraction of sp³-hybridized carbons (Fsp3) is 0.533. The minimum Gasteiger partial charge on any atom is -0.376 e. The lowest BCUT2D eigenvalue weighted by molar-refractivity contribution is -0.131. The molecule has 1 heterocycles. The van der Waals surface area contributed by atoms with Crippen molar-refractivity contribution in [1.29, 1.82) is 0 Å². The predicted octanol–water partition coefficient (Wildman–Crippen LogP) is 3.17. The molecular formula is C15H23ClN2O. The summed E-state index contributed by atoms with van der Waals surface area (Å²) >= 11 is 0. The summed E-state index contributed by atoms with van der Waals surface area (Å²) in [6.07, 6.45) is 3.60. The molecule has 106 valence electrons. The Morgan fingerprint density at radius 1 is 1.37 bits per heavy atom. The Hall–Kier alpha value is -1.22. The van der Waals surface area contributed by atoms with E-state index < -0.39 is 0 Å². The van der Waals surface area contributed by atoms with Crippen LogP contribution in [0.5, 0.6) is 0 Å². The molecule has 0 spiro atoms. The second kappa shape index (κ2) is 8.05. The summed E-state index contributed by atoms with van der Waals surface area (Å²) in [5.41, 5.74) is 1.01. The van der Waals surface area contributed by atoms with E-state index in [2.05, 4.69) is 12.2 Å². The molecule has 0 saturated carbocycles. The van der Waals surface area contributed by atoms with Crippen LogP contribution in [0.3, 0.4) is 0 Å². The van der Waals surface area contributed by atoms with Crippen molar-refractivity contribution in [3.8, 4) is 0 Å². The van der Waals surface area contributed by atoms with E-state index in [4.69, 9.17) is 0 Å². The summed E-state index contributed by atoms with van der Waals surface area (Å²) < 4.78 is 0. The number of nitrogens with one attached hydrogen (secondary N) is 1. The Kier molecular flexibility index (Phi) is 6.71. The van der Waals surface area contributed by atoms with Crippen LogP contribution in [-0.4, -0.2) is 30.4 Å². The molecule has 1 atom stereocenters. The van der Waals surface area contributed by atoms with E-state index in [0.29, 0.717) is 12.5 Å². The lowest BCUT2D eigenvalue weighted by Gasteiger charge is -2.32. The van der Waals surface area contributed by atoms with Gasteiger partial charge in [-0.1, -0.05) is 31.5 Å². The normalized spacial score (nSPS) is 18.6. The number of nitrogens with zero attached hydrogens (tertiary/aromatic N) is 1. The molecule has 2 rings (SSSR count). The van der Waals surface area contributed by atoms with E-state index in [1.165, 1.54) is 12.8 Å². The lowest BCUT2D eigenvalue weighted by Crippen LogP contribution is -2.42. The molecule has 1 N–H and O–H groups in total. The van der Waals surface area contributed by atoms with Gasteiger partial charge in [-0.05, 0) is 30.9 Å². The molecule has 1 aromatic carbocycles. The molecule has 1 aliphatic heterocycles. The predicted molar refractivity (Wildman–Crippen MR) is 81.8 cm³/mol. The third-order valence-electron chi connectivity index (χ3n) is 3.67. The first kappa shape index (κ1) is 15.8. The van der Waals surface area contributed by atoms with E-state index in [-0.39, 0.29) is 18.3 Å². The van der Waals surface area contributed by atoms with Gasteiger partial charge >= 0.3 is 0 Å². The van der Waals surface area contributed by atoms with Crippen molar-refractivity contribution in [2.75, 3.05) is 25.0 Å². The zero-order valence-corrected chi connectivity index (χ0v) is 12.3. The van der Waals surface area contributed by atoms with Gasteiger partial charge in [0.25, 0.3) is 0 Å². The first-order valence-corrected chi connectivity index (χ1v) is 6.86. The van der Waals surface area contributed by atoms with Crippen molar-refractivity contribution in [2.24, 2.45) is 5.92 Å². The number of hydrogen-bond donors (Lipinski definition) is 1. The monoisotopic (exact) mass is 282 g/mol. The third kappa shape index (κ3) is 4.75. The highest BCUT2D eigenvalue weighted by Crippen LogP contribution is 2.19. The van der Waals surface area contributed by atoms with Gasteiger partial charge in [-0.3, -0.25) is 4.79 Å². The smallest absolute Gasteiger partial charge is 0.241 e. The van der Waals surface area contributed by atoms with Crippen molar-refractivity contribution < 1.29 is 4.79 Å². The van der Waals surface area contributed by atoms with E-state index in [0.717, 1.165) is 25.2 Å². The highest BCUT2D eigenvalue weighted by molar-refractivity contribution is 5.85. The topological polar surface area (TPSA) is 32.3 Å². The maximum Gasteiger partial charge on any atom is 0.241 e. The van der Waals surface area contributed by atoms with Gasteiger partial charge in [-0.2, -0.15) is 0 Å². The van der Waals surface area contributed by atoms with Gasteiger partial charge in [0.1, 0.15) is 0 Å². The molecule has 3 nitrogen and oxygen atoms in total. The van der Waals surface area contributed by atoms with Crippen LogP contribution in [0.4, 0.5) is 5.69 Å². The standard InChI is InChI=1S/C15H22N2O.ClH/c1-2-13-7-6-10-17(12-13)15(18)11-16-14-8-4-3-5-9-14;/h3-5,8-9,13,16H,2,6-7,10-12H2,1H3;1H. The van der Waals surface area contributed by atoms with Crippen LogP contribution in [0.2, 0.25) is 0 Å². The highest BCUT2D eigenvalue weighted by atomic mass is 35.5. The number of carbonyl (C=O) groups excluding carboxylic acids is 1. The van der Waals surface area contributed by atoms with E-state index in [1.807, 2.05) is 35.2 Å². The molecule has 1 fully saturated rings. The van der Waals surface area contributed by atoms with Crippen molar-refractivity contribution in [3.63, 3.8) is 0 Å². The summed E-state index contributed by atoms with van der Waals surface area (Å²) in [6, 6.07) is 9.89. The number of para-hydroxylation sites is 1. The Morgan fingerprint density at radius 3 is 2.79 bits per heavy atom. The number of piperidine rings is 1. The Bertz CT molecular complexity index is 383. The van der Waals surface area contributed by atoms with Gasteiger partial charge in [0.2, 0.25) is 5.91 Å². The Morgan fingerprint density at radius 2 is 2.11 bits per heavy atom. The number of benzene rings is 1. The van der Waals surface area contributed by atoms with Crippen LogP contribution in [0, 0.1) is 5.92 Å². The summed E-state index contributed by atoms with van der Waals surface area (Å²) in [4.78, 5) is 14.1. The first-order valence-electron chi connectivity index (χ1n) is 6.86. The largest absolute Gasteiger partial charge is 0.376 e. The van der Waals surface area contributed by atoms with E-state index in [1.54, 1.807) is 0 Å². The molecule has 0 aliphatic carbocycles. The summed E-state index contributed by atoms with van der Waals surface area (Å²) in [6.45, 7) is 4.47. The molecule has 1 unspecified atom stereocenters. The van der Waals surface area contributed by atoms with Crippen LogP contribution in [-0.2, 0) is 4.79 Å². The minimum absolute atomic E-state index is 0. The maximum absolute atomic E-state index is 12.1. The van der Waals surface area contributed by atoms with Crippen molar-refractivity contribution in [1.82, 2.24) is 4.90 Å². The molecule has 19 heavy (non-hydrogen) atoms. The molecule has 0 radical (unpaired) electrons. The highest BCUT2D eigenvalue weighted by Gasteiger charge is 2.21. The Balaban J connectivity index is 0.00000180. The van der Waals surface area contributed by atoms with Gasteiger partial charge in [0.15, 0.2) is 0 Å². The lowest BCUT2D eigenvalue weighted by atomic mass is 9.96. The summed E-state index contributed by atoms with van der Waals surface area (Å²) in [5, 5.41) is 3.18. The number of amides is 1. The first-order chi connectivity index (χ1) is 8.79. The number of rotatable bonds is 4. The van der Waals surface area contributed by atoms with Crippen molar-refractivity contribution in [2.45, 2.75) is 26.2 Å². The van der Waals surface area contributed by atoms with Crippen LogP contribution in [0.15, 0.2) is 30.3 Å². The molecular weight excluding hydrogens is 260 g/mol. The molecule has 1 aromatic rings. The molecule has 1 aliphatic rings. The maximum atomic E-state index is 12.1. The molecule has 4 heteroatoms. The third-order valence-corrected chi connectivity index (χ3v) is 3.67. The SMILES string of the molecule is CCC1CCCN(C(=O)CNc2ccccc2)C1.Cl. The zero-order chi connectivity index (χ0) is 12.8. The average molecular weight is 283 g/mol. The zero-order valence-electron chi connectivity index (χ0n) is 11.5. The number of halogens is 1. The van der Waals surface area contributed by atoms with Gasteiger partial charge in [-0.15, -0.1) is 12.4 Å². The Labute approximate surface area is 121 Å². The second-order valence-electron chi connectivity index (χ2n) is 4.98. The molecule has 1 saturated heterocycles. The van der Waals surface area contributed by atoms with Crippen LogP contribution in [0.1, 0.15) is 26.2 Å². The second-order valence-corrected chi connectivity index (χ2v) is 4.98. The summed E-state index contributed by atoms with van der Waals surface area (Å²) in [5.74, 6) is 0.913. The van der Waals surface area contributed by atoms with Crippen LogP contribution >= 0.6 is 12.4 Å². The van der Waals surface area contributed by atoms with Crippen molar-refractivity contribution in [3.05, 3.63) is 30.3 Å². The molecule has 0 aromatic heterocycles. The number of likely N-dealkylation sites (tertiary alicyclic amines) is 1. The quantitative estimate of drug-likeness (QED) is 0.920. The fourth-order valence-corrected chi connectivity index (χ4v) is 2.47. The van der Waals surface area contributed by atoms with E-state index in [9.17, 15) is 4.79 Å². The number of carbonyl (C=O) groups is 1. The van der Waals surface area contributed by atoms with Gasteiger partial charge in [0, 0.05) is 18.8 Å². The summed E-state index contributed by atoms with van der Waals surface area (Å²) in [7, 11) is 0. The van der Waals surface area contributed by atoms with Crippen molar-refractivity contribution >= 4 is 24.0 Å². The fourth-order valence-electron chi connectivity index (χ4n) is 2.47. The van der Waals surface area contributed by atoms with Crippen LogP contribution < -0.4 is 5.32 Å². The van der Waals surface area contributed by atoms with Gasteiger partial charge in [0.05, 0.1) is 6.54 Å². The van der Waals surface area contributed by atoms with Crippen LogP contribution in [0.25, 0.3) is 0 Å². The molecule has 0 bridgehead atoms. The number of hydrogen-bond acceptors (Lipinski definition) is 2. The minimum atomic E-state index is 0.